The van der Waals surface area contributed by atoms with E-state index in [2.05, 4.69) is 15.6 Å². The summed E-state index contributed by atoms with van der Waals surface area (Å²) in [5.41, 5.74) is 0.457. The molecule has 2 N–H and O–H groups in total. The van der Waals surface area contributed by atoms with Gasteiger partial charge in [-0.2, -0.15) is 0 Å². The zero-order chi connectivity index (χ0) is 17.7. The van der Waals surface area contributed by atoms with Crippen LogP contribution in [0.3, 0.4) is 0 Å². The first-order valence-corrected chi connectivity index (χ1v) is 9.57. The largest absolute Gasteiger partial charge is 0.356 e. The SMILES string of the molecule is CN=C(NCCS(C)(=O)=O)NCC(C)(C)c1ccc(F)cc1Cl.I. The normalized spacial score (nSPS) is 12.5. The standard InChI is InChI=1S/C15H23ClFN3O2S.HI/c1-15(2,12-6-5-11(17)9-13(12)16)10-20-14(18-3)19-7-8-23(4,21)22;/h5-6,9H,7-8,10H2,1-4H3,(H2,18,19,20);1H. The van der Waals surface area contributed by atoms with Crippen molar-refractivity contribution in [3.63, 3.8) is 0 Å². The summed E-state index contributed by atoms with van der Waals surface area (Å²) in [6, 6.07) is 4.33. The van der Waals surface area contributed by atoms with E-state index in [1.165, 1.54) is 18.4 Å². The van der Waals surface area contributed by atoms with Gasteiger partial charge in [0.15, 0.2) is 5.96 Å². The van der Waals surface area contributed by atoms with Crippen LogP contribution < -0.4 is 10.6 Å². The summed E-state index contributed by atoms with van der Waals surface area (Å²) in [6.07, 6.45) is 1.19. The zero-order valence-corrected chi connectivity index (χ0v) is 18.1. The summed E-state index contributed by atoms with van der Waals surface area (Å²) in [7, 11) is -1.42. The summed E-state index contributed by atoms with van der Waals surface area (Å²) in [5, 5.41) is 6.44. The molecule has 1 aromatic carbocycles. The number of halogens is 3. The first-order valence-electron chi connectivity index (χ1n) is 7.13. The van der Waals surface area contributed by atoms with Crippen molar-refractivity contribution in [1.29, 1.82) is 0 Å². The summed E-state index contributed by atoms with van der Waals surface area (Å²) in [6.45, 7) is 4.72. The first-order chi connectivity index (χ1) is 10.5. The average Bonchev–Trinajstić information content (AvgIpc) is 2.40. The zero-order valence-electron chi connectivity index (χ0n) is 14.2. The molecule has 9 heteroatoms. The van der Waals surface area contributed by atoms with Crippen molar-refractivity contribution >= 4 is 51.4 Å². The summed E-state index contributed by atoms with van der Waals surface area (Å²) in [4.78, 5) is 4.05. The number of aliphatic imine (C=N–C) groups is 1. The predicted octanol–water partition coefficient (Wildman–Crippen LogP) is 2.58. The summed E-state index contributed by atoms with van der Waals surface area (Å²) >= 11 is 6.12. The van der Waals surface area contributed by atoms with E-state index >= 15 is 0 Å². The molecule has 0 aliphatic rings. The van der Waals surface area contributed by atoms with Crippen molar-refractivity contribution < 1.29 is 12.8 Å². The Kier molecular flexibility index (Phi) is 9.52. The van der Waals surface area contributed by atoms with E-state index in [1.54, 1.807) is 13.1 Å². The topological polar surface area (TPSA) is 70.6 Å². The van der Waals surface area contributed by atoms with Gasteiger partial charge in [-0.05, 0) is 17.7 Å². The molecule has 0 fully saturated rings. The van der Waals surface area contributed by atoms with Gasteiger partial charge < -0.3 is 10.6 Å². The first kappa shape index (κ1) is 23.4. The van der Waals surface area contributed by atoms with Crippen LogP contribution in [0.2, 0.25) is 5.02 Å². The fourth-order valence-corrected chi connectivity index (χ4v) is 2.91. The maximum atomic E-state index is 13.2. The van der Waals surface area contributed by atoms with Gasteiger partial charge in [-0.25, -0.2) is 12.8 Å². The highest BCUT2D eigenvalue weighted by atomic mass is 127. The molecule has 138 valence electrons. The van der Waals surface area contributed by atoms with Crippen molar-refractivity contribution in [2.45, 2.75) is 19.3 Å². The van der Waals surface area contributed by atoms with Gasteiger partial charge >= 0.3 is 0 Å². The van der Waals surface area contributed by atoms with Gasteiger partial charge in [0.05, 0.1) is 5.75 Å². The molecule has 0 aliphatic carbocycles. The van der Waals surface area contributed by atoms with E-state index in [-0.39, 0.29) is 47.5 Å². The molecule has 0 saturated carbocycles. The van der Waals surface area contributed by atoms with Crippen LogP contribution in [0.5, 0.6) is 0 Å². The number of nitrogens with one attached hydrogen (secondary N) is 2. The second-order valence-electron chi connectivity index (χ2n) is 5.99. The van der Waals surface area contributed by atoms with Crippen LogP contribution in [0.1, 0.15) is 19.4 Å². The number of benzene rings is 1. The maximum Gasteiger partial charge on any atom is 0.191 e. The molecule has 1 aromatic rings. The third-order valence-corrected chi connectivity index (χ3v) is 4.61. The minimum absolute atomic E-state index is 0. The molecule has 0 amide bonds. The minimum atomic E-state index is -3.02. The molecule has 0 radical (unpaired) electrons. The smallest absolute Gasteiger partial charge is 0.191 e. The maximum absolute atomic E-state index is 13.2. The van der Waals surface area contributed by atoms with Gasteiger partial charge in [0.2, 0.25) is 0 Å². The fourth-order valence-electron chi connectivity index (χ4n) is 2.01. The Labute approximate surface area is 165 Å². The molecule has 0 bridgehead atoms. The van der Waals surface area contributed by atoms with Crippen molar-refractivity contribution in [1.82, 2.24) is 10.6 Å². The van der Waals surface area contributed by atoms with E-state index in [0.717, 1.165) is 5.56 Å². The molecule has 24 heavy (non-hydrogen) atoms. The van der Waals surface area contributed by atoms with Gasteiger partial charge in [-0.15, -0.1) is 24.0 Å². The van der Waals surface area contributed by atoms with Crippen LogP contribution in [0.15, 0.2) is 23.2 Å². The molecule has 0 saturated heterocycles. The van der Waals surface area contributed by atoms with Crippen LogP contribution in [-0.2, 0) is 15.3 Å². The molecule has 0 aliphatic heterocycles. The highest BCUT2D eigenvalue weighted by Crippen LogP contribution is 2.29. The lowest BCUT2D eigenvalue weighted by molar-refractivity contribution is 0.507. The number of hydrogen-bond acceptors (Lipinski definition) is 3. The third-order valence-electron chi connectivity index (χ3n) is 3.35. The average molecular weight is 492 g/mol. The number of hydrogen-bond donors (Lipinski definition) is 2. The fraction of sp³-hybridized carbons (Fsp3) is 0.533. The highest BCUT2D eigenvalue weighted by Gasteiger charge is 2.24. The Morgan fingerprint density at radius 3 is 2.46 bits per heavy atom. The monoisotopic (exact) mass is 491 g/mol. The Morgan fingerprint density at radius 2 is 1.96 bits per heavy atom. The predicted molar refractivity (Wildman–Crippen MR) is 109 cm³/mol. The number of guanidine groups is 1. The van der Waals surface area contributed by atoms with Crippen LogP contribution in [0, 0.1) is 5.82 Å². The van der Waals surface area contributed by atoms with Crippen LogP contribution in [0.25, 0.3) is 0 Å². The Balaban J connectivity index is 0.00000529. The third kappa shape index (κ3) is 7.98. The second kappa shape index (κ2) is 9.76. The van der Waals surface area contributed by atoms with Gasteiger partial charge in [0.1, 0.15) is 15.7 Å². The molecule has 0 spiro atoms. The van der Waals surface area contributed by atoms with Crippen molar-refractivity contribution in [2.24, 2.45) is 4.99 Å². The molecule has 0 heterocycles. The van der Waals surface area contributed by atoms with Gasteiger partial charge in [-0.3, -0.25) is 4.99 Å². The highest BCUT2D eigenvalue weighted by molar-refractivity contribution is 14.0. The lowest BCUT2D eigenvalue weighted by atomic mass is 9.84. The van der Waals surface area contributed by atoms with E-state index < -0.39 is 9.84 Å². The van der Waals surface area contributed by atoms with Crippen LogP contribution in [0.4, 0.5) is 4.39 Å². The van der Waals surface area contributed by atoms with Crippen LogP contribution in [-0.4, -0.2) is 46.5 Å². The van der Waals surface area contributed by atoms with Crippen molar-refractivity contribution in [2.75, 3.05) is 32.1 Å². The van der Waals surface area contributed by atoms with E-state index in [9.17, 15) is 12.8 Å². The molecule has 1 rings (SSSR count). The molecule has 5 nitrogen and oxygen atoms in total. The second-order valence-corrected chi connectivity index (χ2v) is 8.66. The Hall–Kier alpha value is -0.610. The minimum Gasteiger partial charge on any atom is -0.356 e. The molecule has 0 atom stereocenters. The van der Waals surface area contributed by atoms with Gasteiger partial charge in [0.25, 0.3) is 0 Å². The number of rotatable bonds is 6. The summed E-state index contributed by atoms with van der Waals surface area (Å²) in [5.74, 6) is 0.154. The number of nitrogens with zero attached hydrogens (tertiary/aromatic N) is 1. The lowest BCUT2D eigenvalue weighted by Gasteiger charge is -2.27. The molecular weight excluding hydrogens is 468 g/mol. The van der Waals surface area contributed by atoms with Gasteiger partial charge in [-0.1, -0.05) is 31.5 Å². The van der Waals surface area contributed by atoms with Gasteiger partial charge in [0, 0.05) is 36.8 Å². The van der Waals surface area contributed by atoms with Crippen LogP contribution >= 0.6 is 35.6 Å². The van der Waals surface area contributed by atoms with Crippen molar-refractivity contribution in [3.8, 4) is 0 Å². The molecule has 0 unspecified atom stereocenters. The molecular formula is C15H24ClFIN3O2S. The molecule has 0 aromatic heterocycles. The Bertz CT molecular complexity index is 681. The number of sulfone groups is 1. The quantitative estimate of drug-likeness (QED) is 0.365. The summed E-state index contributed by atoms with van der Waals surface area (Å²) < 4.78 is 35.4. The van der Waals surface area contributed by atoms with E-state index in [1.807, 2.05) is 13.8 Å². The lowest BCUT2D eigenvalue weighted by Crippen LogP contribution is -2.44. The Morgan fingerprint density at radius 1 is 1.33 bits per heavy atom. The van der Waals surface area contributed by atoms with E-state index in [4.69, 9.17) is 11.6 Å². The van der Waals surface area contributed by atoms with Crippen molar-refractivity contribution in [3.05, 3.63) is 34.6 Å². The van der Waals surface area contributed by atoms with E-state index in [0.29, 0.717) is 17.5 Å².